The van der Waals surface area contributed by atoms with Crippen LogP contribution in [0.3, 0.4) is 0 Å². The number of carbonyl (C=O) groups is 1. The fourth-order valence-corrected chi connectivity index (χ4v) is 5.31. The first-order valence-corrected chi connectivity index (χ1v) is 13.0. The van der Waals surface area contributed by atoms with Crippen LogP contribution in [-0.4, -0.2) is 26.7 Å². The number of amides is 1. The maximum absolute atomic E-state index is 13.2. The topological polar surface area (TPSA) is 37.6 Å². The molecule has 0 saturated carbocycles. The highest BCUT2D eigenvalue weighted by molar-refractivity contribution is 7.15. The quantitative estimate of drug-likeness (QED) is 0.246. The molecule has 0 fully saturated rings. The first kappa shape index (κ1) is 23.3. The van der Waals surface area contributed by atoms with E-state index in [1.165, 1.54) is 16.5 Å². The van der Waals surface area contributed by atoms with Crippen LogP contribution < -0.4 is 0 Å². The van der Waals surface area contributed by atoms with Gasteiger partial charge in [0.05, 0.1) is 5.69 Å². The molecule has 0 atom stereocenters. The third-order valence-electron chi connectivity index (χ3n) is 6.22. The van der Waals surface area contributed by atoms with Crippen molar-refractivity contribution in [2.75, 3.05) is 6.54 Å². The zero-order valence-corrected chi connectivity index (χ0v) is 21.4. The van der Waals surface area contributed by atoms with Crippen LogP contribution >= 0.6 is 11.3 Å². The average molecular weight is 482 g/mol. The molecule has 4 nitrogen and oxygen atoms in total. The summed E-state index contributed by atoms with van der Waals surface area (Å²) in [5.74, 6) is 0.204. The van der Waals surface area contributed by atoms with E-state index in [0.717, 1.165) is 28.2 Å². The molecule has 0 spiro atoms. The first-order valence-electron chi connectivity index (χ1n) is 12.1. The highest BCUT2D eigenvalue weighted by Gasteiger charge is 2.22. The predicted octanol–water partition coefficient (Wildman–Crippen LogP) is 7.22. The number of thiazole rings is 1. The average Bonchev–Trinajstić information content (AvgIpc) is 3.42. The second kappa shape index (κ2) is 9.67. The molecule has 3 aromatic carbocycles. The van der Waals surface area contributed by atoms with E-state index >= 15 is 0 Å². The summed E-state index contributed by atoms with van der Waals surface area (Å²) in [6, 6.07) is 25.2. The molecule has 0 radical (unpaired) electrons. The van der Waals surface area contributed by atoms with E-state index in [-0.39, 0.29) is 11.3 Å². The Kier molecular flexibility index (Phi) is 6.44. The van der Waals surface area contributed by atoms with E-state index in [0.29, 0.717) is 19.5 Å². The Balaban J connectivity index is 1.37. The second-order valence-corrected chi connectivity index (χ2v) is 11.2. The molecule has 0 aliphatic rings. The Hall–Kier alpha value is -3.44. The fourth-order valence-electron chi connectivity index (χ4n) is 4.41. The molecule has 0 saturated heterocycles. The summed E-state index contributed by atoms with van der Waals surface area (Å²) in [5.41, 5.74) is 4.41. The molecule has 5 rings (SSSR count). The third-order valence-corrected chi connectivity index (χ3v) is 7.11. The summed E-state index contributed by atoms with van der Waals surface area (Å²) in [6.07, 6.45) is 3.45. The van der Waals surface area contributed by atoms with Crippen LogP contribution in [0.25, 0.3) is 27.0 Å². The van der Waals surface area contributed by atoms with Gasteiger partial charge < -0.3 is 4.90 Å². The highest BCUT2D eigenvalue weighted by Crippen LogP contribution is 2.27. The number of benzene rings is 3. The lowest BCUT2D eigenvalue weighted by Crippen LogP contribution is -2.35. The van der Waals surface area contributed by atoms with Crippen LogP contribution in [0.1, 0.15) is 38.4 Å². The van der Waals surface area contributed by atoms with Gasteiger partial charge >= 0.3 is 0 Å². The van der Waals surface area contributed by atoms with Gasteiger partial charge in [-0.05, 0) is 27.8 Å². The maximum Gasteiger partial charge on any atom is 0.223 e. The molecular weight excluding hydrogens is 450 g/mol. The summed E-state index contributed by atoms with van der Waals surface area (Å²) in [7, 11) is 0. The largest absolute Gasteiger partial charge is 0.338 e. The normalized spacial score (nSPS) is 11.9. The highest BCUT2D eigenvalue weighted by atomic mass is 32.1. The van der Waals surface area contributed by atoms with E-state index in [9.17, 15) is 4.79 Å². The van der Waals surface area contributed by atoms with Crippen LogP contribution in [0.2, 0.25) is 0 Å². The molecule has 0 N–H and O–H groups in total. The Bertz CT molecular complexity index is 1460. The van der Waals surface area contributed by atoms with Crippen LogP contribution in [-0.2, 0) is 17.8 Å². The minimum atomic E-state index is -0.0409. The molecule has 178 valence electrons. The molecule has 0 bridgehead atoms. The number of aromatic nitrogens is 2. The van der Waals surface area contributed by atoms with Gasteiger partial charge in [-0.15, -0.1) is 11.3 Å². The van der Waals surface area contributed by atoms with Crippen LogP contribution in [0.4, 0.5) is 0 Å². The summed E-state index contributed by atoms with van der Waals surface area (Å²) in [5, 5.41) is 4.62. The standard InChI is InChI=1S/C30H31N3OS/c1-30(2,3)18-28(34)32(19-22-9-5-4-6-10-22)16-15-26-21-35-29-31-27(20-33(26)29)25-14-13-23-11-7-8-12-24(23)17-25/h4-14,17,20-21H,15-16,18-19H2,1-3H3. The lowest BCUT2D eigenvalue weighted by Gasteiger charge is -2.27. The van der Waals surface area contributed by atoms with Crippen molar-refractivity contribution in [3.63, 3.8) is 0 Å². The molecule has 2 heterocycles. The molecule has 0 aliphatic carbocycles. The van der Waals surface area contributed by atoms with Gasteiger partial charge in [0.25, 0.3) is 0 Å². The predicted molar refractivity (Wildman–Crippen MR) is 146 cm³/mol. The number of carbonyl (C=O) groups excluding carboxylic acids is 1. The molecule has 2 aromatic heterocycles. The zero-order chi connectivity index (χ0) is 24.4. The van der Waals surface area contributed by atoms with E-state index < -0.39 is 0 Å². The van der Waals surface area contributed by atoms with Gasteiger partial charge in [-0.1, -0.05) is 87.5 Å². The van der Waals surface area contributed by atoms with Crippen molar-refractivity contribution in [3.8, 4) is 11.3 Å². The molecular formula is C30H31N3OS. The maximum atomic E-state index is 13.2. The summed E-state index contributed by atoms with van der Waals surface area (Å²) >= 11 is 1.66. The Morgan fingerprint density at radius 2 is 1.71 bits per heavy atom. The zero-order valence-electron chi connectivity index (χ0n) is 20.6. The van der Waals surface area contributed by atoms with Gasteiger partial charge in [0, 0.05) is 48.8 Å². The lowest BCUT2D eigenvalue weighted by molar-refractivity contribution is -0.133. The van der Waals surface area contributed by atoms with Crippen LogP contribution in [0, 0.1) is 5.41 Å². The van der Waals surface area contributed by atoms with Crippen molar-refractivity contribution >= 4 is 33.0 Å². The van der Waals surface area contributed by atoms with Gasteiger partial charge in [-0.25, -0.2) is 4.98 Å². The van der Waals surface area contributed by atoms with Crippen molar-refractivity contribution in [2.24, 2.45) is 5.41 Å². The van der Waals surface area contributed by atoms with E-state index in [2.05, 4.69) is 91.3 Å². The first-order chi connectivity index (χ1) is 16.9. The van der Waals surface area contributed by atoms with Gasteiger partial charge in [0.2, 0.25) is 5.91 Å². The Labute approximate surface area is 210 Å². The molecule has 35 heavy (non-hydrogen) atoms. The number of rotatable bonds is 7. The van der Waals surface area contributed by atoms with Crippen molar-refractivity contribution in [1.29, 1.82) is 0 Å². The third kappa shape index (κ3) is 5.46. The van der Waals surface area contributed by atoms with Gasteiger partial charge in [0.1, 0.15) is 0 Å². The fraction of sp³-hybridized carbons (Fsp3) is 0.267. The van der Waals surface area contributed by atoms with Crippen LogP contribution in [0.15, 0.2) is 84.4 Å². The molecule has 0 unspecified atom stereocenters. The van der Waals surface area contributed by atoms with Gasteiger partial charge in [-0.3, -0.25) is 9.20 Å². The summed E-state index contributed by atoms with van der Waals surface area (Å²) < 4.78 is 2.18. The van der Waals surface area contributed by atoms with Crippen molar-refractivity contribution in [2.45, 2.75) is 40.2 Å². The van der Waals surface area contributed by atoms with Crippen LogP contribution in [0.5, 0.6) is 0 Å². The number of nitrogens with zero attached hydrogens (tertiary/aromatic N) is 3. The van der Waals surface area contributed by atoms with Gasteiger partial charge in [-0.2, -0.15) is 0 Å². The van der Waals surface area contributed by atoms with E-state index in [1.807, 2.05) is 23.1 Å². The van der Waals surface area contributed by atoms with E-state index in [4.69, 9.17) is 4.98 Å². The molecule has 5 aromatic rings. The smallest absolute Gasteiger partial charge is 0.223 e. The molecule has 1 amide bonds. The lowest BCUT2D eigenvalue weighted by atomic mass is 9.91. The molecule has 0 aliphatic heterocycles. The monoisotopic (exact) mass is 481 g/mol. The number of hydrogen-bond acceptors (Lipinski definition) is 3. The summed E-state index contributed by atoms with van der Waals surface area (Å²) in [6.45, 7) is 7.67. The van der Waals surface area contributed by atoms with Crippen molar-refractivity contribution in [3.05, 3.63) is 95.6 Å². The Morgan fingerprint density at radius 3 is 2.49 bits per heavy atom. The SMILES string of the molecule is CC(C)(C)CC(=O)N(CCc1csc2nc(-c3ccc4ccccc4c3)cn12)Cc1ccccc1. The second-order valence-electron chi connectivity index (χ2n) is 10.4. The van der Waals surface area contributed by atoms with E-state index in [1.54, 1.807) is 11.3 Å². The number of hydrogen-bond donors (Lipinski definition) is 0. The number of fused-ring (bicyclic) bond motifs is 2. The Morgan fingerprint density at radius 1 is 0.971 bits per heavy atom. The number of imidazole rings is 1. The van der Waals surface area contributed by atoms with Crippen molar-refractivity contribution in [1.82, 2.24) is 14.3 Å². The van der Waals surface area contributed by atoms with Crippen molar-refractivity contribution < 1.29 is 4.79 Å². The minimum Gasteiger partial charge on any atom is -0.338 e. The summed E-state index contributed by atoms with van der Waals surface area (Å²) in [4.78, 5) is 21.1. The van der Waals surface area contributed by atoms with Gasteiger partial charge in [0.15, 0.2) is 4.96 Å². The minimum absolute atomic E-state index is 0.0409. The molecule has 5 heteroatoms.